The second kappa shape index (κ2) is 6.20. The van der Waals surface area contributed by atoms with Crippen LogP contribution in [0.15, 0.2) is 24.3 Å². The number of hydrogen-bond acceptors (Lipinski definition) is 2. The van der Waals surface area contributed by atoms with Gasteiger partial charge in [0.1, 0.15) is 0 Å². The first-order valence-corrected chi connectivity index (χ1v) is 6.29. The molecule has 0 radical (unpaired) electrons. The van der Waals surface area contributed by atoms with E-state index in [4.69, 9.17) is 5.11 Å². The smallest absolute Gasteiger partial charge is 0.251 e. The molecule has 3 nitrogen and oxygen atoms in total. The molecule has 0 fully saturated rings. The molecule has 88 valence electrons. The summed E-state index contributed by atoms with van der Waals surface area (Å²) < 4.78 is 1.09. The van der Waals surface area contributed by atoms with Gasteiger partial charge in [0, 0.05) is 9.13 Å². The molecule has 0 saturated carbocycles. The summed E-state index contributed by atoms with van der Waals surface area (Å²) in [7, 11) is 0. The Bertz CT molecular complexity index is 349. The van der Waals surface area contributed by atoms with Crippen molar-refractivity contribution < 1.29 is 9.90 Å². The van der Waals surface area contributed by atoms with Gasteiger partial charge >= 0.3 is 0 Å². The Kier molecular flexibility index (Phi) is 5.21. The van der Waals surface area contributed by atoms with Gasteiger partial charge in [0.2, 0.25) is 0 Å². The van der Waals surface area contributed by atoms with Crippen LogP contribution >= 0.6 is 22.6 Å². The number of aliphatic hydroxyl groups is 1. The summed E-state index contributed by atoms with van der Waals surface area (Å²) in [5, 5.41) is 11.9. The summed E-state index contributed by atoms with van der Waals surface area (Å²) in [5.74, 6) is 0.0851. The number of nitrogens with one attached hydrogen (secondary N) is 1. The van der Waals surface area contributed by atoms with Gasteiger partial charge in [-0.25, -0.2) is 0 Å². The van der Waals surface area contributed by atoms with Crippen molar-refractivity contribution in [1.29, 1.82) is 0 Å². The number of aliphatic hydroxyl groups excluding tert-OH is 1. The first-order chi connectivity index (χ1) is 7.54. The maximum Gasteiger partial charge on any atom is 0.251 e. The van der Waals surface area contributed by atoms with E-state index in [1.807, 2.05) is 26.0 Å². The molecule has 0 aliphatic carbocycles. The molecule has 0 bridgehead atoms. The molecule has 0 spiro atoms. The topological polar surface area (TPSA) is 49.3 Å². The summed E-state index contributed by atoms with van der Waals surface area (Å²) in [4.78, 5) is 11.8. The predicted molar refractivity (Wildman–Crippen MR) is 72.3 cm³/mol. The maximum absolute atomic E-state index is 11.8. The summed E-state index contributed by atoms with van der Waals surface area (Å²) in [6.45, 7) is 3.90. The van der Waals surface area contributed by atoms with E-state index in [1.165, 1.54) is 0 Å². The summed E-state index contributed by atoms with van der Waals surface area (Å²) >= 11 is 2.19. The second-order valence-electron chi connectivity index (χ2n) is 4.01. The zero-order chi connectivity index (χ0) is 12.1. The van der Waals surface area contributed by atoms with E-state index in [9.17, 15) is 4.79 Å². The van der Waals surface area contributed by atoms with Gasteiger partial charge in [-0.15, -0.1) is 0 Å². The van der Waals surface area contributed by atoms with Gasteiger partial charge in [-0.1, -0.05) is 13.8 Å². The second-order valence-corrected chi connectivity index (χ2v) is 5.26. The fraction of sp³-hybridized carbons (Fsp3) is 0.417. The quantitative estimate of drug-likeness (QED) is 0.829. The van der Waals surface area contributed by atoms with E-state index >= 15 is 0 Å². The van der Waals surface area contributed by atoms with Gasteiger partial charge < -0.3 is 10.4 Å². The van der Waals surface area contributed by atoms with E-state index < -0.39 is 0 Å². The van der Waals surface area contributed by atoms with Crippen LogP contribution in [0.1, 0.15) is 24.2 Å². The minimum Gasteiger partial charge on any atom is -0.394 e. The van der Waals surface area contributed by atoms with Crippen molar-refractivity contribution in [2.24, 2.45) is 5.92 Å². The molecule has 1 rings (SSSR count). The van der Waals surface area contributed by atoms with E-state index in [-0.39, 0.29) is 24.5 Å². The maximum atomic E-state index is 11.8. The third kappa shape index (κ3) is 3.75. The number of benzene rings is 1. The van der Waals surface area contributed by atoms with E-state index in [0.29, 0.717) is 5.56 Å². The van der Waals surface area contributed by atoms with Crippen LogP contribution < -0.4 is 5.32 Å². The summed E-state index contributed by atoms with van der Waals surface area (Å²) in [6, 6.07) is 7.15. The highest BCUT2D eigenvalue weighted by Crippen LogP contribution is 2.08. The lowest BCUT2D eigenvalue weighted by Crippen LogP contribution is -2.41. The molecule has 1 aromatic rings. The highest BCUT2D eigenvalue weighted by molar-refractivity contribution is 14.1. The largest absolute Gasteiger partial charge is 0.394 e. The van der Waals surface area contributed by atoms with Crippen molar-refractivity contribution in [3.05, 3.63) is 33.4 Å². The number of carbonyl (C=O) groups is 1. The van der Waals surface area contributed by atoms with Crippen LogP contribution in [0.4, 0.5) is 0 Å². The van der Waals surface area contributed by atoms with Gasteiger partial charge in [-0.2, -0.15) is 0 Å². The van der Waals surface area contributed by atoms with E-state index in [1.54, 1.807) is 12.1 Å². The Morgan fingerprint density at radius 2 is 1.94 bits per heavy atom. The third-order valence-electron chi connectivity index (χ3n) is 2.42. The molecule has 16 heavy (non-hydrogen) atoms. The highest BCUT2D eigenvalue weighted by atomic mass is 127. The van der Waals surface area contributed by atoms with Crippen molar-refractivity contribution in [2.75, 3.05) is 6.61 Å². The first-order valence-electron chi connectivity index (χ1n) is 5.22. The first kappa shape index (κ1) is 13.4. The number of rotatable bonds is 4. The monoisotopic (exact) mass is 333 g/mol. The van der Waals surface area contributed by atoms with Crippen LogP contribution in [0.5, 0.6) is 0 Å². The molecule has 1 atom stereocenters. The van der Waals surface area contributed by atoms with Gasteiger partial charge in [0.25, 0.3) is 5.91 Å². The zero-order valence-corrected chi connectivity index (χ0v) is 11.6. The Morgan fingerprint density at radius 3 is 2.38 bits per heavy atom. The van der Waals surface area contributed by atoms with Gasteiger partial charge in [-0.05, 0) is 52.8 Å². The Morgan fingerprint density at radius 1 is 1.38 bits per heavy atom. The average molecular weight is 333 g/mol. The zero-order valence-electron chi connectivity index (χ0n) is 9.40. The summed E-state index contributed by atoms with van der Waals surface area (Å²) in [6.07, 6.45) is 0. The van der Waals surface area contributed by atoms with Crippen molar-refractivity contribution in [3.63, 3.8) is 0 Å². The number of halogens is 1. The lowest BCUT2D eigenvalue weighted by Gasteiger charge is -2.19. The molecule has 1 amide bonds. The van der Waals surface area contributed by atoms with E-state index in [0.717, 1.165) is 3.57 Å². The minimum absolute atomic E-state index is 0.0340. The molecule has 2 N–H and O–H groups in total. The molecule has 0 aliphatic rings. The molecule has 1 aromatic carbocycles. The molecule has 0 saturated heterocycles. The van der Waals surface area contributed by atoms with Crippen molar-refractivity contribution in [2.45, 2.75) is 19.9 Å². The van der Waals surface area contributed by atoms with Crippen LogP contribution in [0.25, 0.3) is 0 Å². The SMILES string of the molecule is CC(C)C(CO)NC(=O)c1ccc(I)cc1. The lowest BCUT2D eigenvalue weighted by atomic mass is 10.0. The average Bonchev–Trinajstić information content (AvgIpc) is 2.26. The van der Waals surface area contributed by atoms with Gasteiger partial charge in [0.15, 0.2) is 0 Å². The lowest BCUT2D eigenvalue weighted by molar-refractivity contribution is 0.0897. The fourth-order valence-corrected chi connectivity index (χ4v) is 1.64. The summed E-state index contributed by atoms with van der Waals surface area (Å²) in [5.41, 5.74) is 0.625. The molecular weight excluding hydrogens is 317 g/mol. The molecule has 0 aliphatic heterocycles. The van der Waals surface area contributed by atoms with Gasteiger partial charge in [-0.3, -0.25) is 4.79 Å². The van der Waals surface area contributed by atoms with Gasteiger partial charge in [0.05, 0.1) is 12.6 Å². The van der Waals surface area contributed by atoms with Crippen LogP contribution in [0.3, 0.4) is 0 Å². The highest BCUT2D eigenvalue weighted by Gasteiger charge is 2.15. The van der Waals surface area contributed by atoms with Crippen LogP contribution in [0.2, 0.25) is 0 Å². The number of carbonyl (C=O) groups excluding carboxylic acids is 1. The predicted octanol–water partition coefficient (Wildman–Crippen LogP) is 2.04. The molecule has 0 heterocycles. The Labute approximate surface area is 109 Å². The van der Waals surface area contributed by atoms with Crippen molar-refractivity contribution in [1.82, 2.24) is 5.32 Å². The Hall–Kier alpha value is -0.620. The van der Waals surface area contributed by atoms with Crippen LogP contribution in [0, 0.1) is 9.49 Å². The third-order valence-corrected chi connectivity index (χ3v) is 3.14. The van der Waals surface area contributed by atoms with E-state index in [2.05, 4.69) is 27.9 Å². The Balaban J connectivity index is 2.68. The standard InChI is InChI=1S/C12H16INO2/c1-8(2)11(7-15)14-12(16)9-3-5-10(13)6-4-9/h3-6,8,11,15H,7H2,1-2H3,(H,14,16). The molecule has 1 unspecified atom stereocenters. The number of hydrogen-bond donors (Lipinski definition) is 2. The molecule has 4 heteroatoms. The van der Waals surface area contributed by atoms with Crippen LogP contribution in [-0.2, 0) is 0 Å². The van der Waals surface area contributed by atoms with Crippen molar-refractivity contribution in [3.8, 4) is 0 Å². The van der Waals surface area contributed by atoms with Crippen molar-refractivity contribution >= 4 is 28.5 Å². The van der Waals surface area contributed by atoms with Crippen LogP contribution in [-0.4, -0.2) is 23.7 Å². The minimum atomic E-state index is -0.188. The molecule has 0 aromatic heterocycles. The molecular formula is C12H16INO2. The number of amides is 1. The fourth-order valence-electron chi connectivity index (χ4n) is 1.28. The normalized spacial score (nSPS) is 12.6.